The number of carbonyl (C=O) groups excluding carboxylic acids is 1. The summed E-state index contributed by atoms with van der Waals surface area (Å²) < 4.78 is 20.2. The Bertz CT molecular complexity index is 632. The van der Waals surface area contributed by atoms with E-state index in [1.165, 1.54) is 14.2 Å². The Morgan fingerprint density at radius 1 is 1.15 bits per heavy atom. The lowest BCUT2D eigenvalue weighted by Gasteiger charge is -2.08. The molecule has 0 fully saturated rings. The molecule has 0 aliphatic carbocycles. The van der Waals surface area contributed by atoms with Gasteiger partial charge in [0.05, 0.1) is 21.3 Å². The number of methoxy groups -OCH3 is 3. The number of hydrogen-bond acceptors (Lipinski definition) is 6. The van der Waals surface area contributed by atoms with Crippen LogP contribution in [-0.4, -0.2) is 32.5 Å². The third-order valence-electron chi connectivity index (χ3n) is 2.91. The summed E-state index contributed by atoms with van der Waals surface area (Å²) in [5.41, 5.74) is 1.40. The molecule has 20 heavy (non-hydrogen) atoms. The molecule has 0 aliphatic heterocycles. The van der Waals surface area contributed by atoms with Gasteiger partial charge in [0.1, 0.15) is 17.0 Å². The number of carbonyl (C=O) groups is 1. The zero-order chi connectivity index (χ0) is 14.7. The molecule has 0 unspecified atom stereocenters. The lowest BCUT2D eigenvalue weighted by Crippen LogP contribution is -2.03. The van der Waals surface area contributed by atoms with Crippen LogP contribution in [0.2, 0.25) is 0 Å². The van der Waals surface area contributed by atoms with Crippen LogP contribution in [-0.2, 0) is 4.74 Å². The summed E-state index contributed by atoms with van der Waals surface area (Å²) in [6.07, 6.45) is 0. The van der Waals surface area contributed by atoms with Crippen molar-refractivity contribution in [1.29, 1.82) is 0 Å². The number of aromatic nitrogens is 1. The lowest BCUT2D eigenvalue weighted by molar-refractivity contribution is 0.0599. The fourth-order valence-electron chi connectivity index (χ4n) is 1.90. The topological polar surface area (TPSA) is 70.8 Å². The average molecular weight is 277 g/mol. The van der Waals surface area contributed by atoms with Crippen molar-refractivity contribution in [3.05, 3.63) is 29.5 Å². The van der Waals surface area contributed by atoms with E-state index in [4.69, 9.17) is 18.7 Å². The number of benzene rings is 1. The first-order chi connectivity index (χ1) is 9.62. The second-order valence-electron chi connectivity index (χ2n) is 4.02. The van der Waals surface area contributed by atoms with E-state index in [1.54, 1.807) is 32.2 Å². The maximum Gasteiger partial charge on any atom is 0.343 e. The van der Waals surface area contributed by atoms with E-state index in [2.05, 4.69) is 5.16 Å². The van der Waals surface area contributed by atoms with Gasteiger partial charge in [0.25, 0.3) is 0 Å². The monoisotopic (exact) mass is 277 g/mol. The summed E-state index contributed by atoms with van der Waals surface area (Å²) in [6, 6.07) is 5.23. The zero-order valence-corrected chi connectivity index (χ0v) is 11.7. The highest BCUT2D eigenvalue weighted by molar-refractivity contribution is 5.97. The Morgan fingerprint density at radius 3 is 2.45 bits per heavy atom. The summed E-state index contributed by atoms with van der Waals surface area (Å²) in [5.74, 6) is 1.05. The van der Waals surface area contributed by atoms with Gasteiger partial charge in [-0.2, -0.15) is 0 Å². The Kier molecular flexibility index (Phi) is 3.93. The molecule has 0 aliphatic rings. The van der Waals surface area contributed by atoms with Crippen LogP contribution >= 0.6 is 0 Å². The average Bonchev–Trinajstić information content (AvgIpc) is 2.87. The van der Waals surface area contributed by atoms with E-state index >= 15 is 0 Å². The quantitative estimate of drug-likeness (QED) is 0.799. The number of ether oxygens (including phenoxy) is 3. The molecule has 0 saturated heterocycles. The van der Waals surface area contributed by atoms with Crippen LogP contribution < -0.4 is 9.47 Å². The highest BCUT2D eigenvalue weighted by atomic mass is 16.5. The first kappa shape index (κ1) is 13.9. The highest BCUT2D eigenvalue weighted by Gasteiger charge is 2.23. The number of aryl methyl sites for hydroxylation is 1. The van der Waals surface area contributed by atoms with E-state index in [9.17, 15) is 4.79 Å². The molecule has 0 N–H and O–H groups in total. The Labute approximate surface area is 116 Å². The summed E-state index contributed by atoms with van der Waals surface area (Å²) >= 11 is 0. The van der Waals surface area contributed by atoms with Crippen molar-refractivity contribution in [2.45, 2.75) is 6.92 Å². The van der Waals surface area contributed by atoms with Gasteiger partial charge < -0.3 is 18.7 Å². The molecular weight excluding hydrogens is 262 g/mol. The summed E-state index contributed by atoms with van der Waals surface area (Å²) in [5, 5.41) is 3.91. The van der Waals surface area contributed by atoms with Gasteiger partial charge in [-0.25, -0.2) is 4.79 Å². The minimum absolute atomic E-state index is 0.305. The molecule has 2 rings (SSSR count). The van der Waals surface area contributed by atoms with E-state index in [0.717, 1.165) is 0 Å². The van der Waals surface area contributed by atoms with Crippen LogP contribution in [0.3, 0.4) is 0 Å². The van der Waals surface area contributed by atoms with E-state index in [0.29, 0.717) is 34.1 Å². The number of nitrogens with zero attached hydrogens (tertiary/aromatic N) is 1. The van der Waals surface area contributed by atoms with Gasteiger partial charge in [0.15, 0.2) is 11.5 Å². The molecule has 1 aromatic carbocycles. The minimum atomic E-state index is -0.492. The largest absolute Gasteiger partial charge is 0.493 e. The number of esters is 1. The van der Waals surface area contributed by atoms with Gasteiger partial charge in [0, 0.05) is 5.56 Å². The van der Waals surface area contributed by atoms with Crippen molar-refractivity contribution in [1.82, 2.24) is 5.16 Å². The summed E-state index contributed by atoms with van der Waals surface area (Å²) in [6.45, 7) is 1.66. The molecule has 0 amide bonds. The standard InChI is InChI=1S/C14H15NO5/c1-8-12(14(16)19-4)13(15-20-8)9-5-6-10(17-2)11(7-9)18-3/h5-7H,1-4H3. The minimum Gasteiger partial charge on any atom is -0.493 e. The molecule has 0 bridgehead atoms. The molecule has 1 aromatic heterocycles. The first-order valence-electron chi connectivity index (χ1n) is 5.89. The zero-order valence-electron chi connectivity index (χ0n) is 11.7. The van der Waals surface area contributed by atoms with E-state index in [-0.39, 0.29) is 0 Å². The van der Waals surface area contributed by atoms with Crippen LogP contribution in [0.5, 0.6) is 11.5 Å². The molecule has 6 nitrogen and oxygen atoms in total. The molecule has 2 aromatic rings. The molecule has 0 radical (unpaired) electrons. The molecular formula is C14H15NO5. The number of rotatable bonds is 4. The smallest absolute Gasteiger partial charge is 0.343 e. The van der Waals surface area contributed by atoms with Gasteiger partial charge in [-0.05, 0) is 25.1 Å². The van der Waals surface area contributed by atoms with Crippen LogP contribution in [0.4, 0.5) is 0 Å². The SMILES string of the molecule is COC(=O)c1c(-c2ccc(OC)c(OC)c2)noc1C. The predicted molar refractivity (Wildman–Crippen MR) is 71.1 cm³/mol. The highest BCUT2D eigenvalue weighted by Crippen LogP contribution is 2.34. The van der Waals surface area contributed by atoms with Gasteiger partial charge in [-0.1, -0.05) is 5.16 Å². The summed E-state index contributed by atoms with van der Waals surface area (Å²) in [4.78, 5) is 11.8. The third kappa shape index (κ3) is 2.32. The number of hydrogen-bond donors (Lipinski definition) is 0. The molecule has 6 heteroatoms. The van der Waals surface area contributed by atoms with Crippen molar-refractivity contribution >= 4 is 5.97 Å². The Balaban J connectivity index is 2.55. The fraction of sp³-hybridized carbons (Fsp3) is 0.286. The van der Waals surface area contributed by atoms with Crippen LogP contribution in [0, 0.1) is 6.92 Å². The predicted octanol–water partition coefficient (Wildman–Crippen LogP) is 2.45. The van der Waals surface area contributed by atoms with Crippen molar-refractivity contribution in [3.8, 4) is 22.8 Å². The van der Waals surface area contributed by atoms with Crippen LogP contribution in [0.1, 0.15) is 16.1 Å². The normalized spacial score (nSPS) is 10.2. The maximum atomic E-state index is 11.8. The van der Waals surface area contributed by atoms with Gasteiger partial charge >= 0.3 is 5.97 Å². The fourth-order valence-corrected chi connectivity index (χ4v) is 1.90. The van der Waals surface area contributed by atoms with Gasteiger partial charge in [-0.15, -0.1) is 0 Å². The molecule has 0 saturated carbocycles. The van der Waals surface area contributed by atoms with Gasteiger partial charge in [0.2, 0.25) is 0 Å². The second-order valence-corrected chi connectivity index (χ2v) is 4.02. The molecule has 1 heterocycles. The second kappa shape index (κ2) is 5.64. The molecule has 0 spiro atoms. The summed E-state index contributed by atoms with van der Waals surface area (Å²) in [7, 11) is 4.40. The van der Waals surface area contributed by atoms with Crippen molar-refractivity contribution in [2.24, 2.45) is 0 Å². The van der Waals surface area contributed by atoms with Crippen molar-refractivity contribution < 1.29 is 23.5 Å². The third-order valence-corrected chi connectivity index (χ3v) is 2.91. The molecule has 106 valence electrons. The van der Waals surface area contributed by atoms with Gasteiger partial charge in [-0.3, -0.25) is 0 Å². The van der Waals surface area contributed by atoms with Crippen molar-refractivity contribution in [3.63, 3.8) is 0 Å². The maximum absolute atomic E-state index is 11.8. The van der Waals surface area contributed by atoms with E-state index < -0.39 is 5.97 Å². The first-order valence-corrected chi connectivity index (χ1v) is 5.89. The van der Waals surface area contributed by atoms with Crippen LogP contribution in [0.25, 0.3) is 11.3 Å². The van der Waals surface area contributed by atoms with Crippen molar-refractivity contribution in [2.75, 3.05) is 21.3 Å². The van der Waals surface area contributed by atoms with Crippen LogP contribution in [0.15, 0.2) is 22.7 Å². The van der Waals surface area contributed by atoms with E-state index in [1.807, 2.05) is 0 Å². The Morgan fingerprint density at radius 2 is 1.85 bits per heavy atom. The Hall–Kier alpha value is -2.50. The molecule has 0 atom stereocenters. The lowest BCUT2D eigenvalue weighted by atomic mass is 10.1.